The number of nitrogens with zero attached hydrogens (tertiary/aromatic N) is 2. The fourth-order valence-electron chi connectivity index (χ4n) is 2.58. The summed E-state index contributed by atoms with van der Waals surface area (Å²) >= 11 is 0. The van der Waals surface area contributed by atoms with Crippen molar-refractivity contribution in [2.75, 3.05) is 32.1 Å². The monoisotopic (exact) mass is 203 g/mol. The van der Waals surface area contributed by atoms with Gasteiger partial charge in [-0.3, -0.25) is 4.48 Å². The first kappa shape index (κ1) is 9.22. The molecule has 0 N–H and O–H groups in total. The van der Waals surface area contributed by atoms with Crippen LogP contribution >= 0.6 is 0 Å². The van der Waals surface area contributed by atoms with Crippen molar-refractivity contribution in [3.63, 3.8) is 0 Å². The van der Waals surface area contributed by atoms with Crippen molar-refractivity contribution in [2.45, 2.75) is 18.9 Å². The Balaban J connectivity index is 2.07. The number of hydrogen-bond donors (Lipinski definition) is 0. The van der Waals surface area contributed by atoms with E-state index in [0.717, 1.165) is 10.5 Å². The molecule has 2 heteroatoms. The number of benzene rings is 1. The topological polar surface area (TPSA) is 3.24 Å². The van der Waals surface area contributed by atoms with Crippen molar-refractivity contribution in [1.82, 2.24) is 4.48 Å². The minimum Gasteiger partial charge on any atom is -0.358 e. The molecule has 0 radical (unpaired) electrons. The lowest BCUT2D eigenvalue weighted by Crippen LogP contribution is -2.51. The Labute approximate surface area is 91.7 Å². The molecule has 1 aliphatic carbocycles. The van der Waals surface area contributed by atoms with E-state index in [-0.39, 0.29) is 0 Å². The highest BCUT2D eigenvalue weighted by Crippen LogP contribution is 2.41. The lowest BCUT2D eigenvalue weighted by molar-refractivity contribution is 0.386. The van der Waals surface area contributed by atoms with Gasteiger partial charge in [-0.2, -0.15) is 0 Å². The summed E-state index contributed by atoms with van der Waals surface area (Å²) in [6.07, 6.45) is 2.78. The van der Waals surface area contributed by atoms with E-state index in [1.165, 1.54) is 37.3 Å². The van der Waals surface area contributed by atoms with Gasteiger partial charge < -0.3 is 4.90 Å². The summed E-state index contributed by atoms with van der Waals surface area (Å²) < 4.78 is 1.03. The number of para-hydroxylation sites is 2. The summed E-state index contributed by atoms with van der Waals surface area (Å²) in [6, 6.07) is 9.73. The van der Waals surface area contributed by atoms with E-state index in [9.17, 15) is 0 Å². The van der Waals surface area contributed by atoms with E-state index in [4.69, 9.17) is 0 Å². The molecule has 0 unspecified atom stereocenters. The Kier molecular flexibility index (Phi) is 1.84. The zero-order chi connectivity index (χ0) is 10.5. The summed E-state index contributed by atoms with van der Waals surface area (Å²) in [5.74, 6) is 0. The first-order valence-corrected chi connectivity index (χ1v) is 5.88. The second kappa shape index (κ2) is 2.99. The van der Waals surface area contributed by atoms with E-state index in [1.807, 2.05) is 0 Å². The van der Waals surface area contributed by atoms with Crippen molar-refractivity contribution >= 4 is 11.4 Å². The van der Waals surface area contributed by atoms with Gasteiger partial charge >= 0.3 is 0 Å². The highest BCUT2D eigenvalue weighted by atomic mass is 15.4. The van der Waals surface area contributed by atoms with E-state index in [0.29, 0.717) is 0 Å². The minimum atomic E-state index is 0.839. The molecule has 0 atom stereocenters. The molecule has 1 saturated carbocycles. The quantitative estimate of drug-likeness (QED) is 0.633. The molecule has 1 aromatic rings. The molecule has 2 aliphatic rings. The largest absolute Gasteiger partial charge is 0.358 e. The highest BCUT2D eigenvalue weighted by molar-refractivity contribution is 5.71. The predicted octanol–water partition coefficient (Wildman–Crippen LogP) is 2.24. The number of anilines is 1. The maximum Gasteiger partial charge on any atom is 0.156 e. The van der Waals surface area contributed by atoms with E-state index < -0.39 is 0 Å². The fraction of sp³-hybridized carbons (Fsp3) is 0.538. The zero-order valence-corrected chi connectivity index (χ0v) is 9.61. The number of likely N-dealkylation sites (N-methyl/N-ethyl adjacent to an activating group) is 1. The van der Waals surface area contributed by atoms with Gasteiger partial charge in [-0.15, -0.1) is 0 Å². The van der Waals surface area contributed by atoms with Crippen LogP contribution in [0.1, 0.15) is 12.8 Å². The Morgan fingerprint density at radius 2 is 1.93 bits per heavy atom. The molecule has 0 bridgehead atoms. The summed E-state index contributed by atoms with van der Waals surface area (Å²) in [5.41, 5.74) is 2.95. The summed E-state index contributed by atoms with van der Waals surface area (Å²) in [4.78, 5) is 2.61. The maximum atomic E-state index is 2.61. The lowest BCUT2D eigenvalue weighted by atomic mass is 10.1. The number of rotatable bonds is 1. The van der Waals surface area contributed by atoms with Crippen molar-refractivity contribution in [1.29, 1.82) is 0 Å². The first-order chi connectivity index (χ1) is 7.18. The van der Waals surface area contributed by atoms with Crippen LogP contribution in [-0.4, -0.2) is 33.2 Å². The van der Waals surface area contributed by atoms with Crippen LogP contribution in [-0.2, 0) is 0 Å². The summed E-state index contributed by atoms with van der Waals surface area (Å²) in [5, 5.41) is 0. The smallest absolute Gasteiger partial charge is 0.156 e. The van der Waals surface area contributed by atoms with Gasteiger partial charge in [0, 0.05) is 12.1 Å². The van der Waals surface area contributed by atoms with Crippen molar-refractivity contribution in [3.05, 3.63) is 24.3 Å². The Hall–Kier alpha value is -1.02. The van der Waals surface area contributed by atoms with Crippen LogP contribution < -0.4 is 9.38 Å². The molecule has 80 valence electrons. The van der Waals surface area contributed by atoms with Gasteiger partial charge in [-0.25, -0.2) is 0 Å². The molecule has 1 heterocycles. The molecule has 0 aromatic heterocycles. The van der Waals surface area contributed by atoms with Gasteiger partial charge in [0.15, 0.2) is 5.69 Å². The molecule has 3 rings (SSSR count). The maximum absolute atomic E-state index is 2.61. The molecule has 0 amide bonds. The van der Waals surface area contributed by atoms with Gasteiger partial charge in [-0.05, 0) is 18.9 Å². The molecule has 1 aliphatic heterocycles. The fourth-order valence-corrected chi connectivity index (χ4v) is 2.58. The molecule has 0 saturated heterocycles. The van der Waals surface area contributed by atoms with E-state index in [2.05, 4.69) is 43.3 Å². The molecule has 2 nitrogen and oxygen atoms in total. The second-order valence-corrected chi connectivity index (χ2v) is 5.32. The average molecular weight is 203 g/mol. The molecule has 0 spiro atoms. The zero-order valence-electron chi connectivity index (χ0n) is 9.61. The van der Waals surface area contributed by atoms with Gasteiger partial charge in [-0.1, -0.05) is 12.1 Å². The molecule has 1 fully saturated rings. The van der Waals surface area contributed by atoms with Crippen LogP contribution in [0.25, 0.3) is 0 Å². The van der Waals surface area contributed by atoms with Crippen LogP contribution in [0.2, 0.25) is 0 Å². The third-order valence-electron chi connectivity index (χ3n) is 3.73. The highest BCUT2D eigenvalue weighted by Gasteiger charge is 2.38. The molecule has 15 heavy (non-hydrogen) atoms. The van der Waals surface area contributed by atoms with Crippen LogP contribution in [0, 0.1) is 0 Å². The first-order valence-electron chi connectivity index (χ1n) is 5.88. The number of quaternary nitrogens is 1. The molecule has 1 aromatic carbocycles. The molecular weight excluding hydrogens is 184 g/mol. The van der Waals surface area contributed by atoms with Crippen molar-refractivity contribution in [2.24, 2.45) is 0 Å². The standard InChI is InChI=1S/C13H19N2/c1-15(2)10-9-14(11-7-8-11)12-5-3-4-6-13(12)15/h3-6,11H,7-10H2,1-2H3/q+1. The summed E-state index contributed by atoms with van der Waals surface area (Å²) in [7, 11) is 4.62. The normalized spacial score (nSPS) is 23.7. The average Bonchev–Trinajstić information content (AvgIpc) is 3.02. The Bertz CT molecular complexity index is 380. The van der Waals surface area contributed by atoms with Gasteiger partial charge in [0.1, 0.15) is 6.54 Å². The summed E-state index contributed by atoms with van der Waals surface area (Å²) in [6.45, 7) is 2.45. The van der Waals surface area contributed by atoms with E-state index >= 15 is 0 Å². The van der Waals surface area contributed by atoms with Crippen LogP contribution in [0.4, 0.5) is 11.4 Å². The van der Waals surface area contributed by atoms with Crippen molar-refractivity contribution < 1.29 is 0 Å². The van der Waals surface area contributed by atoms with E-state index in [1.54, 1.807) is 0 Å². The van der Waals surface area contributed by atoms with Gasteiger partial charge in [0.05, 0.1) is 26.3 Å². The third kappa shape index (κ3) is 1.44. The van der Waals surface area contributed by atoms with Crippen LogP contribution in [0.3, 0.4) is 0 Å². The minimum absolute atomic E-state index is 0.839. The SMILES string of the molecule is C[N+]1(C)CCN(C2CC2)c2ccccc21. The van der Waals surface area contributed by atoms with Gasteiger partial charge in [0.2, 0.25) is 0 Å². The Morgan fingerprint density at radius 1 is 1.20 bits per heavy atom. The second-order valence-electron chi connectivity index (χ2n) is 5.32. The number of hydrogen-bond acceptors (Lipinski definition) is 1. The predicted molar refractivity (Wildman–Crippen MR) is 65.3 cm³/mol. The van der Waals surface area contributed by atoms with Crippen molar-refractivity contribution in [3.8, 4) is 0 Å². The lowest BCUT2D eigenvalue weighted by Gasteiger charge is -2.41. The van der Waals surface area contributed by atoms with Gasteiger partial charge in [0.25, 0.3) is 0 Å². The molecular formula is C13H19N2+. The van der Waals surface area contributed by atoms with Crippen LogP contribution in [0.15, 0.2) is 24.3 Å². The number of fused-ring (bicyclic) bond motifs is 1. The van der Waals surface area contributed by atoms with Crippen LogP contribution in [0.5, 0.6) is 0 Å². The Morgan fingerprint density at radius 3 is 2.67 bits per heavy atom. The third-order valence-corrected chi connectivity index (χ3v) is 3.73.